The summed E-state index contributed by atoms with van der Waals surface area (Å²) in [6.07, 6.45) is 3.16. The number of aromatic nitrogens is 3. The van der Waals surface area contributed by atoms with Crippen LogP contribution in [-0.4, -0.2) is 20.5 Å². The van der Waals surface area contributed by atoms with Crippen LogP contribution in [0.15, 0.2) is 73.1 Å². The number of nitrogens with zero attached hydrogens (tertiary/aromatic N) is 4. The Morgan fingerprint density at radius 1 is 1.08 bits per heavy atom. The number of hydrogen-bond donors (Lipinski definition) is 1. The third-order valence-electron chi connectivity index (χ3n) is 3.96. The topological polar surface area (TPSA) is 83.1 Å². The van der Waals surface area contributed by atoms with Crippen molar-refractivity contribution in [1.82, 2.24) is 14.6 Å². The highest BCUT2D eigenvalue weighted by Gasteiger charge is 2.16. The van der Waals surface area contributed by atoms with E-state index < -0.39 is 0 Å². The normalized spacial score (nSPS) is 10.4. The lowest BCUT2D eigenvalue weighted by molar-refractivity contribution is 0.102. The Balaban J connectivity index is 1.71. The Hall–Kier alpha value is -3.98. The van der Waals surface area contributed by atoms with Crippen LogP contribution in [0.1, 0.15) is 15.9 Å². The number of anilines is 1. The molecule has 1 N–H and O–H groups in total. The molecule has 6 heteroatoms. The molecule has 0 radical (unpaired) electrons. The van der Waals surface area contributed by atoms with Gasteiger partial charge in [0.05, 0.1) is 23.5 Å². The minimum Gasteiger partial charge on any atom is -0.322 e. The van der Waals surface area contributed by atoms with Crippen LogP contribution >= 0.6 is 0 Å². The first-order valence-corrected chi connectivity index (χ1v) is 7.96. The van der Waals surface area contributed by atoms with Gasteiger partial charge >= 0.3 is 0 Å². The Morgan fingerprint density at radius 3 is 2.73 bits per heavy atom. The molecule has 0 saturated heterocycles. The summed E-state index contributed by atoms with van der Waals surface area (Å²) in [5.41, 5.74) is 3.70. The van der Waals surface area contributed by atoms with Crippen molar-refractivity contribution in [2.45, 2.75) is 0 Å². The SMILES string of the molecule is N#Cc1cccc(NC(=O)c2cnn3c(-c4ccccc4)ccnc23)c1. The highest BCUT2D eigenvalue weighted by atomic mass is 16.1. The molecule has 0 bridgehead atoms. The monoisotopic (exact) mass is 339 g/mol. The number of hydrogen-bond acceptors (Lipinski definition) is 4. The van der Waals surface area contributed by atoms with Crippen molar-refractivity contribution in [2.24, 2.45) is 0 Å². The van der Waals surface area contributed by atoms with Crippen molar-refractivity contribution >= 4 is 17.2 Å². The first kappa shape index (κ1) is 15.5. The van der Waals surface area contributed by atoms with Gasteiger partial charge in [0.2, 0.25) is 0 Å². The highest BCUT2D eigenvalue weighted by Crippen LogP contribution is 2.21. The van der Waals surface area contributed by atoms with Crippen LogP contribution in [0.5, 0.6) is 0 Å². The molecule has 1 amide bonds. The van der Waals surface area contributed by atoms with Gasteiger partial charge in [0.15, 0.2) is 5.65 Å². The number of rotatable bonds is 3. The van der Waals surface area contributed by atoms with Gasteiger partial charge in [0.25, 0.3) is 5.91 Å². The summed E-state index contributed by atoms with van der Waals surface area (Å²) in [6.45, 7) is 0. The number of carbonyl (C=O) groups excluding carboxylic acids is 1. The summed E-state index contributed by atoms with van der Waals surface area (Å²) in [5, 5.41) is 16.1. The number of benzene rings is 2. The van der Waals surface area contributed by atoms with Gasteiger partial charge in [-0.2, -0.15) is 10.4 Å². The zero-order valence-corrected chi connectivity index (χ0v) is 13.6. The van der Waals surface area contributed by atoms with E-state index in [1.54, 1.807) is 35.0 Å². The van der Waals surface area contributed by atoms with E-state index in [1.165, 1.54) is 6.20 Å². The molecule has 26 heavy (non-hydrogen) atoms. The predicted octanol–water partition coefficient (Wildman–Crippen LogP) is 3.52. The second-order valence-corrected chi connectivity index (χ2v) is 5.64. The van der Waals surface area contributed by atoms with Crippen molar-refractivity contribution in [1.29, 1.82) is 5.26 Å². The van der Waals surface area contributed by atoms with Gasteiger partial charge in [-0.25, -0.2) is 9.50 Å². The van der Waals surface area contributed by atoms with Crippen molar-refractivity contribution < 1.29 is 4.79 Å². The lowest BCUT2D eigenvalue weighted by atomic mass is 10.1. The van der Waals surface area contributed by atoms with Crippen LogP contribution < -0.4 is 5.32 Å². The molecule has 124 valence electrons. The molecule has 0 fully saturated rings. The fourth-order valence-electron chi connectivity index (χ4n) is 2.74. The number of amides is 1. The largest absolute Gasteiger partial charge is 0.322 e. The van der Waals surface area contributed by atoms with E-state index in [1.807, 2.05) is 36.4 Å². The van der Waals surface area contributed by atoms with Crippen molar-refractivity contribution in [3.63, 3.8) is 0 Å². The lowest BCUT2D eigenvalue weighted by Gasteiger charge is -2.06. The van der Waals surface area contributed by atoms with Crippen LogP contribution in [0.25, 0.3) is 16.9 Å². The van der Waals surface area contributed by atoms with Gasteiger partial charge in [-0.15, -0.1) is 0 Å². The first-order valence-electron chi connectivity index (χ1n) is 7.96. The minimum absolute atomic E-state index is 0.326. The summed E-state index contributed by atoms with van der Waals surface area (Å²) in [6, 6.07) is 20.4. The quantitative estimate of drug-likeness (QED) is 0.619. The van der Waals surface area contributed by atoms with E-state index in [2.05, 4.69) is 21.5 Å². The van der Waals surface area contributed by atoms with Crippen LogP contribution in [-0.2, 0) is 0 Å². The molecule has 0 spiro atoms. The molecule has 0 atom stereocenters. The predicted molar refractivity (Wildman–Crippen MR) is 97.5 cm³/mol. The zero-order valence-electron chi connectivity index (χ0n) is 13.6. The molecular weight excluding hydrogens is 326 g/mol. The van der Waals surface area contributed by atoms with Crippen LogP contribution in [0, 0.1) is 11.3 Å². The van der Waals surface area contributed by atoms with E-state index in [0.29, 0.717) is 22.5 Å². The maximum Gasteiger partial charge on any atom is 0.261 e. The molecule has 6 nitrogen and oxygen atoms in total. The number of nitrogens with one attached hydrogen (secondary N) is 1. The van der Waals surface area contributed by atoms with Gasteiger partial charge in [0.1, 0.15) is 5.56 Å². The van der Waals surface area contributed by atoms with Crippen molar-refractivity contribution in [3.05, 3.63) is 84.2 Å². The van der Waals surface area contributed by atoms with E-state index in [-0.39, 0.29) is 5.91 Å². The third-order valence-corrected chi connectivity index (χ3v) is 3.96. The van der Waals surface area contributed by atoms with Crippen LogP contribution in [0.2, 0.25) is 0 Å². The molecule has 2 heterocycles. The molecule has 4 aromatic rings. The average Bonchev–Trinajstić information content (AvgIpc) is 3.13. The first-order chi connectivity index (χ1) is 12.8. The minimum atomic E-state index is -0.326. The third kappa shape index (κ3) is 2.78. The van der Waals surface area contributed by atoms with Gasteiger partial charge in [-0.1, -0.05) is 36.4 Å². The Bertz CT molecular complexity index is 1140. The zero-order chi connectivity index (χ0) is 17.9. The summed E-state index contributed by atoms with van der Waals surface area (Å²) >= 11 is 0. The summed E-state index contributed by atoms with van der Waals surface area (Å²) < 4.78 is 1.65. The number of nitriles is 1. The molecule has 0 aliphatic heterocycles. The lowest BCUT2D eigenvalue weighted by Crippen LogP contribution is -2.12. The van der Waals surface area contributed by atoms with Gasteiger partial charge < -0.3 is 5.32 Å². The molecular formula is C20H13N5O. The molecule has 2 aromatic heterocycles. The molecule has 0 aliphatic carbocycles. The molecule has 0 unspecified atom stereocenters. The maximum atomic E-state index is 12.6. The molecule has 0 aliphatic rings. The molecule has 0 saturated carbocycles. The van der Waals surface area contributed by atoms with Gasteiger partial charge in [-0.05, 0) is 24.3 Å². The van der Waals surface area contributed by atoms with Crippen molar-refractivity contribution in [2.75, 3.05) is 5.32 Å². The highest BCUT2D eigenvalue weighted by molar-refractivity contribution is 6.08. The van der Waals surface area contributed by atoms with E-state index in [0.717, 1.165) is 11.3 Å². The molecule has 4 rings (SSSR count). The second-order valence-electron chi connectivity index (χ2n) is 5.64. The maximum absolute atomic E-state index is 12.6. The summed E-state index contributed by atoms with van der Waals surface area (Å²) in [7, 11) is 0. The molecule has 2 aromatic carbocycles. The number of fused-ring (bicyclic) bond motifs is 1. The van der Waals surface area contributed by atoms with E-state index >= 15 is 0 Å². The van der Waals surface area contributed by atoms with E-state index in [4.69, 9.17) is 5.26 Å². The Labute approximate surface area is 149 Å². The van der Waals surface area contributed by atoms with Crippen molar-refractivity contribution in [3.8, 4) is 17.3 Å². The fourth-order valence-corrected chi connectivity index (χ4v) is 2.74. The van der Waals surface area contributed by atoms with Crippen LogP contribution in [0.4, 0.5) is 5.69 Å². The van der Waals surface area contributed by atoms with Crippen LogP contribution in [0.3, 0.4) is 0 Å². The Morgan fingerprint density at radius 2 is 1.92 bits per heavy atom. The summed E-state index contributed by atoms with van der Waals surface area (Å²) in [4.78, 5) is 17.0. The Kier molecular flexibility index (Phi) is 3.88. The van der Waals surface area contributed by atoms with E-state index in [9.17, 15) is 4.79 Å². The number of carbonyl (C=O) groups is 1. The smallest absolute Gasteiger partial charge is 0.261 e. The average molecular weight is 339 g/mol. The van der Waals surface area contributed by atoms with Gasteiger partial charge in [-0.3, -0.25) is 4.79 Å². The standard InChI is InChI=1S/C20H13N5O/c21-12-14-5-4-8-16(11-14)24-20(26)17-13-23-25-18(9-10-22-19(17)25)15-6-2-1-3-7-15/h1-11,13H,(H,24,26). The fraction of sp³-hybridized carbons (Fsp3) is 0. The second kappa shape index (κ2) is 6.49. The summed E-state index contributed by atoms with van der Waals surface area (Å²) in [5.74, 6) is -0.326. The van der Waals surface area contributed by atoms with Gasteiger partial charge in [0, 0.05) is 17.4 Å².